The molecule has 0 spiro atoms. The number of nitro benzene ring substituents is 1. The molecule has 0 heterocycles. The monoisotopic (exact) mass is 403 g/mol. The number of nitro groups is 1. The molecule has 1 amide bonds. The fourth-order valence-electron chi connectivity index (χ4n) is 3.89. The number of fused-ring (bicyclic) bond motifs is 1. The van der Waals surface area contributed by atoms with Gasteiger partial charge in [0.25, 0.3) is 5.69 Å². The van der Waals surface area contributed by atoms with E-state index in [0.29, 0.717) is 30.3 Å². The van der Waals surface area contributed by atoms with Crippen LogP contribution in [0.4, 0.5) is 11.4 Å². The third-order valence-corrected chi connectivity index (χ3v) is 5.62. The number of hydrogen-bond acceptors (Lipinski definition) is 4. The first kappa shape index (κ1) is 20.0. The molecule has 0 radical (unpaired) electrons. The van der Waals surface area contributed by atoms with E-state index in [2.05, 4.69) is 52.7 Å². The first-order valence-electron chi connectivity index (χ1n) is 10.3. The maximum atomic E-state index is 12.5. The second-order valence-electron chi connectivity index (χ2n) is 7.90. The molecular formula is C24H25N3O3. The predicted molar refractivity (Wildman–Crippen MR) is 118 cm³/mol. The van der Waals surface area contributed by atoms with Gasteiger partial charge in [-0.3, -0.25) is 19.8 Å². The highest BCUT2D eigenvalue weighted by Gasteiger charge is 2.29. The van der Waals surface area contributed by atoms with E-state index in [-0.39, 0.29) is 11.6 Å². The summed E-state index contributed by atoms with van der Waals surface area (Å²) in [6.45, 7) is 3.19. The van der Waals surface area contributed by atoms with Crippen LogP contribution in [-0.2, 0) is 11.3 Å². The molecule has 6 nitrogen and oxygen atoms in total. The van der Waals surface area contributed by atoms with Crippen LogP contribution in [-0.4, -0.2) is 28.3 Å². The molecule has 0 unspecified atom stereocenters. The summed E-state index contributed by atoms with van der Waals surface area (Å²) in [5, 5.41) is 16.3. The highest BCUT2D eigenvalue weighted by atomic mass is 16.6. The van der Waals surface area contributed by atoms with Crippen LogP contribution >= 0.6 is 0 Å². The fourth-order valence-corrected chi connectivity index (χ4v) is 3.89. The van der Waals surface area contributed by atoms with E-state index in [4.69, 9.17) is 0 Å². The van der Waals surface area contributed by atoms with Crippen molar-refractivity contribution in [2.75, 3.05) is 11.9 Å². The number of benzene rings is 3. The zero-order valence-corrected chi connectivity index (χ0v) is 17.0. The van der Waals surface area contributed by atoms with E-state index in [0.717, 1.165) is 6.54 Å². The highest BCUT2D eigenvalue weighted by Crippen LogP contribution is 2.30. The minimum absolute atomic E-state index is 0.0583. The van der Waals surface area contributed by atoms with Gasteiger partial charge in [0.05, 0.1) is 4.92 Å². The van der Waals surface area contributed by atoms with Gasteiger partial charge in [-0.05, 0) is 48.2 Å². The average Bonchev–Trinajstić information content (AvgIpc) is 3.56. The minimum atomic E-state index is -0.415. The predicted octanol–water partition coefficient (Wildman–Crippen LogP) is 5.05. The van der Waals surface area contributed by atoms with Gasteiger partial charge < -0.3 is 5.32 Å². The summed E-state index contributed by atoms with van der Waals surface area (Å²) in [6.07, 6.45) is 2.74. The molecule has 1 saturated carbocycles. The number of nitrogens with zero attached hydrogens (tertiary/aromatic N) is 2. The Kier molecular flexibility index (Phi) is 5.77. The van der Waals surface area contributed by atoms with Crippen molar-refractivity contribution in [2.45, 2.75) is 38.8 Å². The van der Waals surface area contributed by atoms with Crippen LogP contribution in [0.2, 0.25) is 0 Å². The van der Waals surface area contributed by atoms with Gasteiger partial charge in [0, 0.05) is 42.9 Å². The van der Waals surface area contributed by atoms with Crippen LogP contribution in [0.1, 0.15) is 30.4 Å². The lowest BCUT2D eigenvalue weighted by Crippen LogP contribution is -2.29. The standard InChI is InChI=1S/C24H25N3O3/c1-17-15-20(9-12-23(17)27(29)30)25-24(28)13-14-26(21-10-11-21)16-19-7-4-6-18-5-2-3-8-22(18)19/h2-9,12,15,21H,10-11,13-14,16H2,1H3,(H,25,28). The summed E-state index contributed by atoms with van der Waals surface area (Å²) in [5.74, 6) is -0.0770. The van der Waals surface area contributed by atoms with Gasteiger partial charge in [-0.2, -0.15) is 0 Å². The molecule has 0 aliphatic heterocycles. The minimum Gasteiger partial charge on any atom is -0.326 e. The Morgan fingerprint density at radius 1 is 1.13 bits per heavy atom. The molecule has 3 aromatic carbocycles. The van der Waals surface area contributed by atoms with Gasteiger partial charge in [0.1, 0.15) is 0 Å². The summed E-state index contributed by atoms with van der Waals surface area (Å²) in [6, 6.07) is 20.0. The summed E-state index contributed by atoms with van der Waals surface area (Å²) < 4.78 is 0. The molecule has 0 atom stereocenters. The third kappa shape index (κ3) is 4.66. The Bertz CT molecular complexity index is 1090. The van der Waals surface area contributed by atoms with Crippen LogP contribution < -0.4 is 5.32 Å². The zero-order chi connectivity index (χ0) is 21.1. The lowest BCUT2D eigenvalue weighted by Gasteiger charge is -2.22. The number of anilines is 1. The van der Waals surface area contributed by atoms with Gasteiger partial charge in [-0.15, -0.1) is 0 Å². The smallest absolute Gasteiger partial charge is 0.272 e. The number of hydrogen-bond donors (Lipinski definition) is 1. The molecule has 6 heteroatoms. The van der Waals surface area contributed by atoms with Crippen molar-refractivity contribution in [1.82, 2.24) is 4.90 Å². The molecule has 0 saturated heterocycles. The molecular weight excluding hydrogens is 378 g/mol. The Morgan fingerprint density at radius 3 is 2.63 bits per heavy atom. The molecule has 154 valence electrons. The maximum Gasteiger partial charge on any atom is 0.272 e. The molecule has 0 aromatic heterocycles. The lowest BCUT2D eigenvalue weighted by molar-refractivity contribution is -0.385. The number of aryl methyl sites for hydroxylation is 1. The first-order chi connectivity index (χ1) is 14.5. The molecule has 1 fully saturated rings. The van der Waals surface area contributed by atoms with Crippen molar-refractivity contribution in [3.63, 3.8) is 0 Å². The molecule has 4 rings (SSSR count). The van der Waals surface area contributed by atoms with E-state index < -0.39 is 4.92 Å². The van der Waals surface area contributed by atoms with Gasteiger partial charge in [-0.1, -0.05) is 42.5 Å². The summed E-state index contributed by atoms with van der Waals surface area (Å²) in [7, 11) is 0. The number of carbonyl (C=O) groups is 1. The van der Waals surface area contributed by atoms with E-state index in [1.807, 2.05) is 0 Å². The molecule has 1 aliphatic rings. The van der Waals surface area contributed by atoms with Crippen molar-refractivity contribution in [1.29, 1.82) is 0 Å². The number of rotatable bonds is 8. The molecule has 1 N–H and O–H groups in total. The third-order valence-electron chi connectivity index (χ3n) is 5.62. The number of carbonyl (C=O) groups excluding carboxylic acids is 1. The van der Waals surface area contributed by atoms with Crippen LogP contribution in [0, 0.1) is 17.0 Å². The van der Waals surface area contributed by atoms with Gasteiger partial charge in [-0.25, -0.2) is 0 Å². The topological polar surface area (TPSA) is 75.5 Å². The van der Waals surface area contributed by atoms with E-state index in [9.17, 15) is 14.9 Å². The van der Waals surface area contributed by atoms with Crippen LogP contribution in [0.25, 0.3) is 10.8 Å². The lowest BCUT2D eigenvalue weighted by atomic mass is 10.0. The van der Waals surface area contributed by atoms with Crippen molar-refractivity contribution < 1.29 is 9.72 Å². The zero-order valence-electron chi connectivity index (χ0n) is 17.0. The molecule has 30 heavy (non-hydrogen) atoms. The van der Waals surface area contributed by atoms with Crippen molar-refractivity contribution in [2.24, 2.45) is 0 Å². The summed E-state index contributed by atoms with van der Waals surface area (Å²) >= 11 is 0. The highest BCUT2D eigenvalue weighted by molar-refractivity contribution is 5.91. The SMILES string of the molecule is Cc1cc(NC(=O)CCN(Cc2cccc3ccccc23)C2CC2)ccc1[N+](=O)[O-]. The Morgan fingerprint density at radius 2 is 1.90 bits per heavy atom. The molecule has 0 bridgehead atoms. The van der Waals surface area contributed by atoms with Gasteiger partial charge in [0.15, 0.2) is 0 Å². The van der Waals surface area contributed by atoms with Crippen LogP contribution in [0.3, 0.4) is 0 Å². The normalized spacial score (nSPS) is 13.5. The van der Waals surface area contributed by atoms with Crippen molar-refractivity contribution >= 4 is 28.1 Å². The van der Waals surface area contributed by atoms with E-state index >= 15 is 0 Å². The summed E-state index contributed by atoms with van der Waals surface area (Å²) in [5.41, 5.74) is 2.47. The number of amides is 1. The van der Waals surface area contributed by atoms with Gasteiger partial charge >= 0.3 is 0 Å². The summed E-state index contributed by atoms with van der Waals surface area (Å²) in [4.78, 5) is 25.4. The van der Waals surface area contributed by atoms with Crippen LogP contribution in [0.15, 0.2) is 60.7 Å². The second-order valence-corrected chi connectivity index (χ2v) is 7.90. The molecule has 3 aromatic rings. The largest absolute Gasteiger partial charge is 0.326 e. The van der Waals surface area contributed by atoms with E-state index in [1.54, 1.807) is 19.1 Å². The fraction of sp³-hybridized carbons (Fsp3) is 0.292. The van der Waals surface area contributed by atoms with Gasteiger partial charge in [0.2, 0.25) is 5.91 Å². The maximum absolute atomic E-state index is 12.5. The second kappa shape index (κ2) is 8.63. The molecule has 1 aliphatic carbocycles. The Balaban J connectivity index is 1.39. The Labute approximate surface area is 175 Å². The van der Waals surface area contributed by atoms with Crippen molar-refractivity contribution in [3.8, 4) is 0 Å². The Hall–Kier alpha value is -3.25. The first-order valence-corrected chi connectivity index (χ1v) is 10.3. The van der Waals surface area contributed by atoms with E-state index in [1.165, 1.54) is 35.2 Å². The van der Waals surface area contributed by atoms with Crippen LogP contribution in [0.5, 0.6) is 0 Å². The quantitative estimate of drug-likeness (QED) is 0.422. The number of nitrogens with one attached hydrogen (secondary N) is 1. The average molecular weight is 403 g/mol. The van der Waals surface area contributed by atoms with Crippen molar-refractivity contribution in [3.05, 3.63) is 81.9 Å².